The fraction of sp³-hybridized carbons (Fsp3) is 0.312. The van der Waals surface area contributed by atoms with Gasteiger partial charge in [0, 0.05) is 26.9 Å². The molecule has 2 aromatic rings. The molecule has 0 aliphatic rings. The van der Waals surface area contributed by atoms with Gasteiger partial charge in [0.15, 0.2) is 0 Å². The number of carboxylic acid groups (broad SMARTS) is 1. The number of hydrogen-bond acceptors (Lipinski definition) is 3. The number of rotatable bonds is 7. The molecule has 0 aliphatic heterocycles. The lowest BCUT2D eigenvalue weighted by molar-refractivity contribution is -0.138. The average molecular weight is 324 g/mol. The van der Waals surface area contributed by atoms with Gasteiger partial charge in [-0.05, 0) is 31.2 Å². The lowest BCUT2D eigenvalue weighted by atomic mass is 10.2. The molecule has 0 saturated carbocycles. The van der Waals surface area contributed by atoms with E-state index in [1.165, 1.54) is 0 Å². The molecule has 0 amide bonds. The zero-order valence-corrected chi connectivity index (χ0v) is 13.5. The summed E-state index contributed by atoms with van der Waals surface area (Å²) in [5.41, 5.74) is 1.02. The topological polar surface area (TPSA) is 40.5 Å². The zero-order valence-electron chi connectivity index (χ0n) is 11.9. The van der Waals surface area contributed by atoms with Crippen LogP contribution in [0.3, 0.4) is 0 Å². The third-order valence-corrected chi connectivity index (χ3v) is 4.51. The summed E-state index contributed by atoms with van der Waals surface area (Å²) in [5, 5.41) is 9.69. The van der Waals surface area contributed by atoms with Crippen molar-refractivity contribution in [3.8, 4) is 10.4 Å². The molecule has 0 aliphatic carbocycles. The van der Waals surface area contributed by atoms with Gasteiger partial charge >= 0.3 is 5.97 Å². The maximum Gasteiger partial charge on any atom is 0.317 e. The van der Waals surface area contributed by atoms with Crippen molar-refractivity contribution < 1.29 is 9.90 Å². The Hall–Kier alpha value is -1.36. The van der Waals surface area contributed by atoms with Crippen LogP contribution in [0.15, 0.2) is 36.4 Å². The smallest absolute Gasteiger partial charge is 0.317 e. The largest absolute Gasteiger partial charge is 0.480 e. The van der Waals surface area contributed by atoms with Crippen LogP contribution in [-0.2, 0) is 11.3 Å². The van der Waals surface area contributed by atoms with E-state index in [0.29, 0.717) is 6.54 Å². The molecule has 0 radical (unpaired) electrons. The fourth-order valence-corrected chi connectivity index (χ4v) is 3.59. The van der Waals surface area contributed by atoms with Crippen molar-refractivity contribution in [2.24, 2.45) is 0 Å². The van der Waals surface area contributed by atoms with E-state index in [1.54, 1.807) is 11.3 Å². The minimum atomic E-state index is -0.786. The first kappa shape index (κ1) is 16.0. The number of aliphatic carboxylic acids is 1. The Morgan fingerprint density at radius 3 is 2.71 bits per heavy atom. The first-order valence-corrected chi connectivity index (χ1v) is 8.07. The van der Waals surface area contributed by atoms with E-state index in [2.05, 4.69) is 6.92 Å². The number of carboxylic acids is 1. The summed E-state index contributed by atoms with van der Waals surface area (Å²) < 4.78 is 0. The minimum Gasteiger partial charge on any atom is -0.480 e. The quantitative estimate of drug-likeness (QED) is 0.822. The molecule has 1 heterocycles. The van der Waals surface area contributed by atoms with E-state index in [0.717, 1.165) is 33.3 Å². The highest BCUT2D eigenvalue weighted by molar-refractivity contribution is 7.15. The summed E-state index contributed by atoms with van der Waals surface area (Å²) in [6.07, 6.45) is 0.941. The average Bonchev–Trinajstić information content (AvgIpc) is 2.87. The van der Waals surface area contributed by atoms with Gasteiger partial charge in [-0.1, -0.05) is 36.7 Å². The van der Waals surface area contributed by atoms with Gasteiger partial charge in [-0.2, -0.15) is 0 Å². The molecule has 21 heavy (non-hydrogen) atoms. The van der Waals surface area contributed by atoms with E-state index in [4.69, 9.17) is 16.7 Å². The number of nitrogens with zero attached hydrogens (tertiary/aromatic N) is 1. The molecule has 1 aromatic heterocycles. The maximum absolute atomic E-state index is 10.9. The van der Waals surface area contributed by atoms with Crippen LogP contribution in [0.5, 0.6) is 0 Å². The standard InChI is InChI=1S/C16H18ClNO2S/c1-2-9-18(11-16(19)20)10-12-7-8-15(21-12)13-5-3-4-6-14(13)17/h3-8H,2,9-11H2,1H3,(H,19,20). The second-order valence-corrected chi connectivity index (χ2v) is 6.43. The molecule has 5 heteroatoms. The molecule has 0 atom stereocenters. The first-order chi connectivity index (χ1) is 10.1. The highest BCUT2D eigenvalue weighted by Crippen LogP contribution is 2.33. The Morgan fingerprint density at radius 2 is 2.05 bits per heavy atom. The van der Waals surface area contributed by atoms with Crippen molar-refractivity contribution >= 4 is 28.9 Å². The van der Waals surface area contributed by atoms with Gasteiger partial charge in [-0.3, -0.25) is 9.69 Å². The van der Waals surface area contributed by atoms with E-state index < -0.39 is 5.97 Å². The second kappa shape index (κ2) is 7.59. The fourth-order valence-electron chi connectivity index (χ4n) is 2.21. The lowest BCUT2D eigenvalue weighted by Crippen LogP contribution is -2.29. The van der Waals surface area contributed by atoms with Crippen LogP contribution in [0.4, 0.5) is 0 Å². The van der Waals surface area contributed by atoms with Gasteiger partial charge in [0.2, 0.25) is 0 Å². The highest BCUT2D eigenvalue weighted by Gasteiger charge is 2.12. The number of hydrogen-bond donors (Lipinski definition) is 1. The van der Waals surface area contributed by atoms with Crippen LogP contribution in [0.1, 0.15) is 18.2 Å². The van der Waals surface area contributed by atoms with Crippen molar-refractivity contribution in [2.75, 3.05) is 13.1 Å². The Balaban J connectivity index is 2.12. The minimum absolute atomic E-state index is 0.0766. The summed E-state index contributed by atoms with van der Waals surface area (Å²) in [4.78, 5) is 15.1. The monoisotopic (exact) mass is 323 g/mol. The summed E-state index contributed by atoms with van der Waals surface area (Å²) >= 11 is 7.87. The van der Waals surface area contributed by atoms with Crippen molar-refractivity contribution in [1.29, 1.82) is 0 Å². The van der Waals surface area contributed by atoms with Crippen LogP contribution in [0.2, 0.25) is 5.02 Å². The Kier molecular flexibility index (Phi) is 5.79. The molecule has 0 unspecified atom stereocenters. The summed E-state index contributed by atoms with van der Waals surface area (Å²) in [6.45, 7) is 3.58. The predicted octanol–water partition coefficient (Wildman–Crippen LogP) is 4.37. The van der Waals surface area contributed by atoms with Crippen LogP contribution in [-0.4, -0.2) is 29.1 Å². The molecule has 3 nitrogen and oxygen atoms in total. The van der Waals surface area contributed by atoms with Crippen molar-refractivity contribution in [3.63, 3.8) is 0 Å². The molecule has 1 N–H and O–H groups in total. The van der Waals surface area contributed by atoms with Gasteiger partial charge in [-0.15, -0.1) is 11.3 Å². The van der Waals surface area contributed by atoms with Crippen LogP contribution < -0.4 is 0 Å². The van der Waals surface area contributed by atoms with E-state index in [9.17, 15) is 4.79 Å². The molecule has 2 rings (SSSR count). The number of halogens is 1. The molecule has 0 saturated heterocycles. The Morgan fingerprint density at radius 1 is 1.29 bits per heavy atom. The van der Waals surface area contributed by atoms with Gasteiger partial charge in [0.1, 0.15) is 0 Å². The zero-order chi connectivity index (χ0) is 15.2. The highest BCUT2D eigenvalue weighted by atomic mass is 35.5. The predicted molar refractivity (Wildman–Crippen MR) is 88.0 cm³/mol. The molecular weight excluding hydrogens is 306 g/mol. The van der Waals surface area contributed by atoms with Gasteiger partial charge in [0.05, 0.1) is 6.54 Å². The molecule has 0 fully saturated rings. The molecule has 0 bridgehead atoms. The second-order valence-electron chi connectivity index (χ2n) is 4.85. The molecule has 1 aromatic carbocycles. The summed E-state index contributed by atoms with van der Waals surface area (Å²) in [5.74, 6) is -0.786. The van der Waals surface area contributed by atoms with Gasteiger partial charge in [-0.25, -0.2) is 0 Å². The number of carbonyl (C=O) groups is 1. The van der Waals surface area contributed by atoms with Crippen molar-refractivity contribution in [1.82, 2.24) is 4.90 Å². The Bertz CT molecular complexity index is 612. The van der Waals surface area contributed by atoms with Crippen LogP contribution >= 0.6 is 22.9 Å². The Labute approximate surface area is 133 Å². The summed E-state index contributed by atoms with van der Waals surface area (Å²) in [7, 11) is 0. The third-order valence-electron chi connectivity index (χ3n) is 3.08. The van der Waals surface area contributed by atoms with Crippen molar-refractivity contribution in [2.45, 2.75) is 19.9 Å². The summed E-state index contributed by atoms with van der Waals surface area (Å²) in [6, 6.07) is 11.9. The molecule has 112 valence electrons. The maximum atomic E-state index is 10.9. The van der Waals surface area contributed by atoms with E-state index >= 15 is 0 Å². The van der Waals surface area contributed by atoms with Crippen LogP contribution in [0.25, 0.3) is 10.4 Å². The molecular formula is C16H18ClNO2S. The number of thiophene rings is 1. The normalized spacial score (nSPS) is 11.0. The number of benzene rings is 1. The third kappa shape index (κ3) is 4.56. The first-order valence-electron chi connectivity index (χ1n) is 6.88. The lowest BCUT2D eigenvalue weighted by Gasteiger charge is -2.18. The van der Waals surface area contributed by atoms with Crippen molar-refractivity contribution in [3.05, 3.63) is 46.3 Å². The van der Waals surface area contributed by atoms with Gasteiger partial charge in [0.25, 0.3) is 0 Å². The van der Waals surface area contributed by atoms with Gasteiger partial charge < -0.3 is 5.11 Å². The SMILES string of the molecule is CCCN(CC(=O)O)Cc1ccc(-c2ccccc2Cl)s1. The van der Waals surface area contributed by atoms with E-state index in [-0.39, 0.29) is 6.54 Å². The van der Waals surface area contributed by atoms with E-state index in [1.807, 2.05) is 41.3 Å². The van der Waals surface area contributed by atoms with Crippen LogP contribution in [0, 0.1) is 0 Å². The molecule has 0 spiro atoms.